The second kappa shape index (κ2) is 4.21. The van der Waals surface area contributed by atoms with E-state index in [0.717, 1.165) is 43.7 Å². The highest BCUT2D eigenvalue weighted by atomic mass is 19.1. The van der Waals surface area contributed by atoms with Crippen LogP contribution in [0.15, 0.2) is 18.2 Å². The average molecular weight is 250 g/mol. The number of hydrogen-bond acceptors (Lipinski definition) is 3. The second-order valence-electron chi connectivity index (χ2n) is 5.58. The standard InChI is InChI=1S/C14H19FN2O/c1-17-6-4-14(5-7-17)9-12(16)11-8-10(15)2-3-13(11)18-14/h2-3,8,12H,4-7,9,16H2,1H3. The van der Waals surface area contributed by atoms with Gasteiger partial charge in [0.05, 0.1) is 0 Å². The molecule has 2 N–H and O–H groups in total. The third kappa shape index (κ3) is 1.99. The number of fused-ring (bicyclic) bond motifs is 1. The summed E-state index contributed by atoms with van der Waals surface area (Å²) >= 11 is 0. The van der Waals surface area contributed by atoms with Gasteiger partial charge in [0.2, 0.25) is 0 Å². The van der Waals surface area contributed by atoms with Gasteiger partial charge in [0.1, 0.15) is 17.2 Å². The van der Waals surface area contributed by atoms with Crippen molar-refractivity contribution in [3.05, 3.63) is 29.6 Å². The Morgan fingerprint density at radius 1 is 1.39 bits per heavy atom. The van der Waals surface area contributed by atoms with Gasteiger partial charge in [0, 0.05) is 31.1 Å². The minimum Gasteiger partial charge on any atom is -0.487 e. The minimum absolute atomic E-state index is 0.118. The van der Waals surface area contributed by atoms with Gasteiger partial charge in [-0.15, -0.1) is 0 Å². The Kier molecular flexibility index (Phi) is 2.79. The van der Waals surface area contributed by atoms with Crippen LogP contribution in [-0.4, -0.2) is 30.6 Å². The van der Waals surface area contributed by atoms with Gasteiger partial charge in [0.25, 0.3) is 0 Å². The third-order valence-corrected chi connectivity index (χ3v) is 4.19. The molecule has 3 rings (SSSR count). The SMILES string of the molecule is CN1CCC2(CC1)CC(N)c1cc(F)ccc1O2. The van der Waals surface area contributed by atoms with Crippen LogP contribution in [-0.2, 0) is 0 Å². The summed E-state index contributed by atoms with van der Waals surface area (Å²) in [6.07, 6.45) is 2.78. The number of rotatable bonds is 0. The van der Waals surface area contributed by atoms with Gasteiger partial charge in [-0.1, -0.05) is 0 Å². The zero-order chi connectivity index (χ0) is 12.8. The first-order valence-electron chi connectivity index (χ1n) is 6.51. The molecule has 2 aliphatic rings. The van der Waals surface area contributed by atoms with Crippen LogP contribution in [0.1, 0.15) is 30.9 Å². The number of nitrogens with two attached hydrogens (primary N) is 1. The van der Waals surface area contributed by atoms with Gasteiger partial charge >= 0.3 is 0 Å². The fourth-order valence-corrected chi connectivity index (χ4v) is 3.02. The molecule has 0 radical (unpaired) electrons. The summed E-state index contributed by atoms with van der Waals surface area (Å²) in [6.45, 7) is 2.06. The Labute approximate surface area is 107 Å². The quantitative estimate of drug-likeness (QED) is 0.766. The number of halogens is 1. The molecule has 0 bridgehead atoms. The summed E-state index contributed by atoms with van der Waals surface area (Å²) < 4.78 is 19.4. The van der Waals surface area contributed by atoms with Crippen molar-refractivity contribution in [1.29, 1.82) is 0 Å². The largest absolute Gasteiger partial charge is 0.487 e. The van der Waals surface area contributed by atoms with E-state index in [9.17, 15) is 4.39 Å². The van der Waals surface area contributed by atoms with Crippen LogP contribution in [0.2, 0.25) is 0 Å². The van der Waals surface area contributed by atoms with E-state index in [4.69, 9.17) is 10.5 Å². The zero-order valence-electron chi connectivity index (χ0n) is 10.7. The molecule has 18 heavy (non-hydrogen) atoms. The minimum atomic E-state index is -0.243. The number of benzene rings is 1. The molecule has 3 nitrogen and oxygen atoms in total. The predicted octanol–water partition coefficient (Wildman–Crippen LogP) is 2.07. The summed E-state index contributed by atoms with van der Waals surface area (Å²) in [6, 6.07) is 4.54. The van der Waals surface area contributed by atoms with E-state index in [1.54, 1.807) is 6.07 Å². The fraction of sp³-hybridized carbons (Fsp3) is 0.571. The Morgan fingerprint density at radius 3 is 2.83 bits per heavy atom. The molecule has 0 aliphatic carbocycles. The first-order valence-corrected chi connectivity index (χ1v) is 6.51. The number of piperidine rings is 1. The van der Waals surface area contributed by atoms with E-state index >= 15 is 0 Å². The zero-order valence-corrected chi connectivity index (χ0v) is 10.7. The van der Waals surface area contributed by atoms with Crippen LogP contribution < -0.4 is 10.5 Å². The predicted molar refractivity (Wildman–Crippen MR) is 68.0 cm³/mol. The first-order chi connectivity index (χ1) is 8.58. The van der Waals surface area contributed by atoms with E-state index < -0.39 is 0 Å². The van der Waals surface area contributed by atoms with Crippen LogP contribution in [0.3, 0.4) is 0 Å². The lowest BCUT2D eigenvalue weighted by Crippen LogP contribution is -2.50. The van der Waals surface area contributed by atoms with Crippen LogP contribution in [0.4, 0.5) is 4.39 Å². The van der Waals surface area contributed by atoms with Gasteiger partial charge in [-0.25, -0.2) is 4.39 Å². The maximum Gasteiger partial charge on any atom is 0.125 e. The summed E-state index contributed by atoms with van der Waals surface area (Å²) in [5.41, 5.74) is 6.86. The number of nitrogens with zero attached hydrogens (tertiary/aromatic N) is 1. The van der Waals surface area contributed by atoms with E-state index in [1.807, 2.05) is 0 Å². The van der Waals surface area contributed by atoms with Crippen molar-refractivity contribution in [1.82, 2.24) is 4.90 Å². The molecule has 98 valence electrons. The molecular weight excluding hydrogens is 231 g/mol. The van der Waals surface area contributed by atoms with Crippen LogP contribution >= 0.6 is 0 Å². The summed E-state index contributed by atoms with van der Waals surface area (Å²) in [5, 5.41) is 0. The molecule has 0 aromatic heterocycles. The molecule has 1 fully saturated rings. The van der Waals surface area contributed by atoms with E-state index in [0.29, 0.717) is 0 Å². The monoisotopic (exact) mass is 250 g/mol. The Bertz CT molecular complexity index is 455. The Hall–Kier alpha value is -1.13. The molecule has 0 saturated carbocycles. The molecule has 1 aromatic rings. The maximum atomic E-state index is 13.2. The molecule has 1 saturated heterocycles. The lowest BCUT2D eigenvalue weighted by molar-refractivity contribution is -0.0165. The second-order valence-corrected chi connectivity index (χ2v) is 5.58. The van der Waals surface area contributed by atoms with Crippen molar-refractivity contribution in [2.75, 3.05) is 20.1 Å². The Balaban J connectivity index is 1.89. The van der Waals surface area contributed by atoms with Gasteiger partial charge in [-0.3, -0.25) is 0 Å². The number of hydrogen-bond donors (Lipinski definition) is 1. The van der Waals surface area contributed by atoms with Gasteiger partial charge in [-0.2, -0.15) is 0 Å². The lowest BCUT2D eigenvalue weighted by atomic mass is 9.81. The van der Waals surface area contributed by atoms with Crippen molar-refractivity contribution >= 4 is 0 Å². The molecule has 1 spiro atoms. The number of ether oxygens (including phenoxy) is 1. The van der Waals surface area contributed by atoms with E-state index in [2.05, 4.69) is 11.9 Å². The highest BCUT2D eigenvalue weighted by Gasteiger charge is 2.41. The van der Waals surface area contributed by atoms with E-state index in [1.165, 1.54) is 12.1 Å². The lowest BCUT2D eigenvalue weighted by Gasteiger charge is -2.45. The topological polar surface area (TPSA) is 38.5 Å². The van der Waals surface area contributed by atoms with Gasteiger partial charge in [0.15, 0.2) is 0 Å². The molecule has 1 aromatic carbocycles. The summed E-state index contributed by atoms with van der Waals surface area (Å²) in [4.78, 5) is 2.31. The van der Waals surface area contributed by atoms with Gasteiger partial charge in [-0.05, 0) is 38.1 Å². The molecule has 2 aliphatic heterocycles. The first kappa shape index (κ1) is 11.9. The van der Waals surface area contributed by atoms with Gasteiger partial charge < -0.3 is 15.4 Å². The molecule has 1 atom stereocenters. The van der Waals surface area contributed by atoms with E-state index in [-0.39, 0.29) is 17.5 Å². The smallest absolute Gasteiger partial charge is 0.125 e. The highest BCUT2D eigenvalue weighted by Crippen LogP contribution is 2.43. The van der Waals surface area contributed by atoms with Crippen LogP contribution in [0, 0.1) is 5.82 Å². The number of likely N-dealkylation sites (tertiary alicyclic amines) is 1. The molecular formula is C14H19FN2O. The molecule has 1 unspecified atom stereocenters. The van der Waals surface area contributed by atoms with Crippen molar-refractivity contribution in [3.63, 3.8) is 0 Å². The molecule has 4 heteroatoms. The maximum absolute atomic E-state index is 13.2. The fourth-order valence-electron chi connectivity index (χ4n) is 3.02. The third-order valence-electron chi connectivity index (χ3n) is 4.19. The van der Waals surface area contributed by atoms with Crippen molar-refractivity contribution in [2.45, 2.75) is 30.9 Å². The van der Waals surface area contributed by atoms with Crippen molar-refractivity contribution < 1.29 is 9.13 Å². The highest BCUT2D eigenvalue weighted by molar-refractivity contribution is 5.39. The summed E-state index contributed by atoms with van der Waals surface area (Å²) in [5.74, 6) is 0.520. The summed E-state index contributed by atoms with van der Waals surface area (Å²) in [7, 11) is 2.12. The van der Waals surface area contributed by atoms with Crippen LogP contribution in [0.5, 0.6) is 5.75 Å². The normalized spacial score (nSPS) is 26.7. The average Bonchev–Trinajstić information content (AvgIpc) is 2.35. The molecule has 2 heterocycles. The van der Waals surface area contributed by atoms with Crippen molar-refractivity contribution in [3.8, 4) is 5.75 Å². The van der Waals surface area contributed by atoms with Crippen LogP contribution in [0.25, 0.3) is 0 Å². The Morgan fingerprint density at radius 2 is 2.11 bits per heavy atom. The van der Waals surface area contributed by atoms with Crippen molar-refractivity contribution in [2.24, 2.45) is 5.73 Å². The molecule has 0 amide bonds.